The number of aromatic amines is 1. The number of fused-ring (bicyclic) bond motifs is 1. The minimum absolute atomic E-state index is 0.00132. The van der Waals surface area contributed by atoms with Crippen molar-refractivity contribution in [3.63, 3.8) is 0 Å². The van der Waals surface area contributed by atoms with Gasteiger partial charge in [-0.1, -0.05) is 30.3 Å². The normalized spacial score (nSPS) is 10.9. The van der Waals surface area contributed by atoms with Crippen LogP contribution in [-0.2, 0) is 13.2 Å². The third-order valence-electron chi connectivity index (χ3n) is 3.14. The van der Waals surface area contributed by atoms with E-state index in [9.17, 15) is 5.11 Å². The molecular weight excluding hydrogens is 318 g/mol. The predicted octanol–water partition coefficient (Wildman–Crippen LogP) is 4.00. The van der Waals surface area contributed by atoms with E-state index in [2.05, 4.69) is 20.9 Å². The Morgan fingerprint density at radius 3 is 2.65 bits per heavy atom. The predicted molar refractivity (Wildman–Crippen MR) is 82.7 cm³/mol. The molecule has 1 aromatic heterocycles. The van der Waals surface area contributed by atoms with E-state index in [0.717, 1.165) is 32.4 Å². The number of aromatic nitrogens is 1. The summed E-state index contributed by atoms with van der Waals surface area (Å²) in [7, 11) is 0. The molecule has 0 aliphatic heterocycles. The number of hydrogen-bond donors (Lipinski definition) is 2. The number of halogens is 1. The Morgan fingerprint density at radius 1 is 1.10 bits per heavy atom. The minimum atomic E-state index is 0.00132. The zero-order chi connectivity index (χ0) is 13.9. The quantitative estimate of drug-likeness (QED) is 0.758. The Kier molecular flexibility index (Phi) is 3.76. The Labute approximate surface area is 125 Å². The lowest BCUT2D eigenvalue weighted by Crippen LogP contribution is -1.95. The largest absolute Gasteiger partial charge is 0.489 e. The highest BCUT2D eigenvalue weighted by Crippen LogP contribution is 2.30. The van der Waals surface area contributed by atoms with Gasteiger partial charge in [0.1, 0.15) is 12.4 Å². The number of H-pyrrole nitrogens is 1. The lowest BCUT2D eigenvalue weighted by atomic mass is 10.2. The summed E-state index contributed by atoms with van der Waals surface area (Å²) < 4.78 is 6.76. The van der Waals surface area contributed by atoms with E-state index in [0.29, 0.717) is 6.61 Å². The minimum Gasteiger partial charge on any atom is -0.489 e. The average Bonchev–Trinajstić information content (AvgIpc) is 2.90. The third kappa shape index (κ3) is 2.71. The second kappa shape index (κ2) is 5.69. The van der Waals surface area contributed by atoms with Crippen molar-refractivity contribution in [1.29, 1.82) is 0 Å². The van der Waals surface area contributed by atoms with Gasteiger partial charge in [0.2, 0.25) is 0 Å². The summed E-state index contributed by atoms with van der Waals surface area (Å²) in [6, 6.07) is 15.9. The lowest BCUT2D eigenvalue weighted by molar-refractivity contribution is 0.278. The molecule has 20 heavy (non-hydrogen) atoms. The molecule has 1 heterocycles. The van der Waals surface area contributed by atoms with Crippen LogP contribution in [0.25, 0.3) is 10.9 Å². The first-order valence-corrected chi connectivity index (χ1v) is 7.14. The molecule has 0 unspecified atom stereocenters. The molecule has 2 N–H and O–H groups in total. The second-order valence-corrected chi connectivity index (χ2v) is 5.45. The molecule has 0 saturated heterocycles. The van der Waals surface area contributed by atoms with Crippen LogP contribution in [0.5, 0.6) is 5.75 Å². The molecule has 0 radical (unpaired) electrons. The summed E-state index contributed by atoms with van der Waals surface area (Å²) in [4.78, 5) is 3.16. The SMILES string of the molecule is OCc1cc2c(Br)cc(OCc3ccccc3)cc2[nH]1. The van der Waals surface area contributed by atoms with Gasteiger partial charge >= 0.3 is 0 Å². The van der Waals surface area contributed by atoms with Gasteiger partial charge in [-0.2, -0.15) is 0 Å². The van der Waals surface area contributed by atoms with Crippen LogP contribution >= 0.6 is 15.9 Å². The molecular formula is C16H14BrNO2. The highest BCUT2D eigenvalue weighted by Gasteiger charge is 2.07. The van der Waals surface area contributed by atoms with Gasteiger partial charge in [0.15, 0.2) is 0 Å². The van der Waals surface area contributed by atoms with Crippen LogP contribution in [-0.4, -0.2) is 10.1 Å². The van der Waals surface area contributed by atoms with Crippen molar-refractivity contribution in [3.8, 4) is 5.75 Å². The van der Waals surface area contributed by atoms with Crippen LogP contribution in [0.4, 0.5) is 0 Å². The fourth-order valence-corrected chi connectivity index (χ4v) is 2.69. The molecule has 0 amide bonds. The van der Waals surface area contributed by atoms with Crippen molar-refractivity contribution in [2.75, 3.05) is 0 Å². The zero-order valence-electron chi connectivity index (χ0n) is 10.8. The number of nitrogens with one attached hydrogen (secondary N) is 1. The van der Waals surface area contributed by atoms with E-state index in [1.807, 2.05) is 48.5 Å². The van der Waals surface area contributed by atoms with Crippen LogP contribution in [0.2, 0.25) is 0 Å². The fourth-order valence-electron chi connectivity index (χ4n) is 2.14. The fraction of sp³-hybridized carbons (Fsp3) is 0.125. The molecule has 0 bridgehead atoms. The number of aliphatic hydroxyl groups is 1. The van der Waals surface area contributed by atoms with Crippen LogP contribution in [0, 0.1) is 0 Å². The number of ether oxygens (including phenoxy) is 1. The Morgan fingerprint density at radius 2 is 1.90 bits per heavy atom. The molecule has 3 rings (SSSR count). The molecule has 0 spiro atoms. The molecule has 0 aliphatic carbocycles. The van der Waals surface area contributed by atoms with E-state index in [-0.39, 0.29) is 6.61 Å². The summed E-state index contributed by atoms with van der Waals surface area (Å²) in [5, 5.41) is 10.2. The van der Waals surface area contributed by atoms with Gasteiger partial charge in [-0.05, 0) is 33.6 Å². The molecule has 2 aromatic carbocycles. The van der Waals surface area contributed by atoms with Crippen molar-refractivity contribution >= 4 is 26.8 Å². The first kappa shape index (κ1) is 13.2. The highest BCUT2D eigenvalue weighted by molar-refractivity contribution is 9.10. The molecule has 0 saturated carbocycles. The van der Waals surface area contributed by atoms with Crippen molar-refractivity contribution in [2.24, 2.45) is 0 Å². The van der Waals surface area contributed by atoms with Gasteiger partial charge in [-0.25, -0.2) is 0 Å². The third-order valence-corrected chi connectivity index (χ3v) is 3.79. The van der Waals surface area contributed by atoms with E-state index in [1.165, 1.54) is 0 Å². The van der Waals surface area contributed by atoms with Crippen molar-refractivity contribution in [2.45, 2.75) is 13.2 Å². The Balaban J connectivity index is 1.85. The van der Waals surface area contributed by atoms with Gasteiger partial charge < -0.3 is 14.8 Å². The molecule has 3 aromatic rings. The summed E-state index contributed by atoms with van der Waals surface area (Å²) in [5.74, 6) is 0.791. The molecule has 0 fully saturated rings. The van der Waals surface area contributed by atoms with Crippen molar-refractivity contribution in [3.05, 3.63) is 64.3 Å². The molecule has 4 heteroatoms. The van der Waals surface area contributed by atoms with Crippen molar-refractivity contribution < 1.29 is 9.84 Å². The maximum atomic E-state index is 9.17. The van der Waals surface area contributed by atoms with Crippen LogP contribution in [0.1, 0.15) is 11.3 Å². The lowest BCUT2D eigenvalue weighted by Gasteiger charge is -2.07. The molecule has 102 valence electrons. The van der Waals surface area contributed by atoms with E-state index < -0.39 is 0 Å². The Bertz CT molecular complexity index is 722. The van der Waals surface area contributed by atoms with Crippen LogP contribution in [0.3, 0.4) is 0 Å². The topological polar surface area (TPSA) is 45.2 Å². The van der Waals surface area contributed by atoms with E-state index in [1.54, 1.807) is 0 Å². The van der Waals surface area contributed by atoms with Crippen molar-refractivity contribution in [1.82, 2.24) is 4.98 Å². The number of benzene rings is 2. The molecule has 3 nitrogen and oxygen atoms in total. The van der Waals surface area contributed by atoms with Crippen LogP contribution in [0.15, 0.2) is 53.0 Å². The molecule has 0 aliphatic rings. The van der Waals surface area contributed by atoms with Crippen LogP contribution < -0.4 is 4.74 Å². The van der Waals surface area contributed by atoms with E-state index in [4.69, 9.17) is 4.74 Å². The maximum Gasteiger partial charge on any atom is 0.123 e. The smallest absolute Gasteiger partial charge is 0.123 e. The maximum absolute atomic E-state index is 9.17. The monoisotopic (exact) mass is 331 g/mol. The first-order chi connectivity index (χ1) is 9.76. The summed E-state index contributed by atoms with van der Waals surface area (Å²) in [5.41, 5.74) is 2.87. The van der Waals surface area contributed by atoms with Gasteiger partial charge in [0, 0.05) is 21.6 Å². The summed E-state index contributed by atoms with van der Waals surface area (Å²) in [6.07, 6.45) is 0. The summed E-state index contributed by atoms with van der Waals surface area (Å²) in [6.45, 7) is 0.535. The molecule has 0 atom stereocenters. The van der Waals surface area contributed by atoms with Gasteiger partial charge in [0.25, 0.3) is 0 Å². The zero-order valence-corrected chi connectivity index (χ0v) is 12.4. The number of hydrogen-bond acceptors (Lipinski definition) is 2. The average molecular weight is 332 g/mol. The highest BCUT2D eigenvalue weighted by atomic mass is 79.9. The second-order valence-electron chi connectivity index (χ2n) is 4.59. The Hall–Kier alpha value is -1.78. The summed E-state index contributed by atoms with van der Waals surface area (Å²) >= 11 is 3.53. The first-order valence-electron chi connectivity index (χ1n) is 6.35. The van der Waals surface area contributed by atoms with Gasteiger partial charge in [-0.15, -0.1) is 0 Å². The number of rotatable bonds is 4. The number of aliphatic hydroxyl groups excluding tert-OH is 1. The van der Waals surface area contributed by atoms with Gasteiger partial charge in [-0.3, -0.25) is 0 Å². The van der Waals surface area contributed by atoms with Gasteiger partial charge in [0.05, 0.1) is 12.1 Å². The standard InChI is InChI=1S/C16H14BrNO2/c17-15-7-13(20-10-11-4-2-1-3-5-11)8-16-14(15)6-12(9-19)18-16/h1-8,18-19H,9-10H2. The van der Waals surface area contributed by atoms with E-state index >= 15 is 0 Å².